The van der Waals surface area contributed by atoms with Crippen molar-refractivity contribution in [2.45, 2.75) is 13.5 Å². The van der Waals surface area contributed by atoms with E-state index in [1.807, 2.05) is 90.4 Å². The van der Waals surface area contributed by atoms with E-state index in [4.69, 9.17) is 26.1 Å². The number of nitrogens with one attached hydrogen (secondary N) is 1. The maximum atomic E-state index is 6.61. The molecule has 10 heteroatoms. The van der Waals surface area contributed by atoms with Crippen LogP contribution in [0.25, 0.3) is 33.2 Å². The first-order valence-corrected chi connectivity index (χ1v) is 14.3. The van der Waals surface area contributed by atoms with Gasteiger partial charge in [-0.3, -0.25) is 0 Å². The van der Waals surface area contributed by atoms with Gasteiger partial charge in [-0.15, -0.1) is 0 Å². The Morgan fingerprint density at radius 1 is 0.818 bits per heavy atom. The van der Waals surface area contributed by atoms with E-state index in [9.17, 15) is 0 Å². The smallest absolute Gasteiger partial charge is 0.228 e. The second-order valence-electron chi connectivity index (χ2n) is 10.2. The van der Waals surface area contributed by atoms with Gasteiger partial charge in [-0.1, -0.05) is 35.9 Å². The van der Waals surface area contributed by atoms with E-state index in [0.29, 0.717) is 51.4 Å². The number of benzene rings is 3. The molecule has 4 aromatic heterocycles. The van der Waals surface area contributed by atoms with Crippen LogP contribution in [0.5, 0.6) is 17.4 Å². The number of hydrogen-bond acceptors (Lipinski definition) is 8. The van der Waals surface area contributed by atoms with Gasteiger partial charge in [-0.05, 0) is 72.6 Å². The molecule has 0 bridgehead atoms. The van der Waals surface area contributed by atoms with Gasteiger partial charge in [0.25, 0.3) is 0 Å². The summed E-state index contributed by atoms with van der Waals surface area (Å²) < 4.78 is 13.9. The van der Waals surface area contributed by atoms with Crippen molar-refractivity contribution in [3.05, 3.63) is 120 Å². The van der Waals surface area contributed by atoms with Gasteiger partial charge in [-0.25, -0.2) is 24.9 Å². The van der Waals surface area contributed by atoms with Crippen molar-refractivity contribution in [2.24, 2.45) is 0 Å². The van der Waals surface area contributed by atoms with E-state index in [0.717, 1.165) is 33.3 Å². The van der Waals surface area contributed by atoms with Crippen molar-refractivity contribution in [1.82, 2.24) is 29.5 Å². The molecular weight excluding hydrogens is 574 g/mol. The third-order valence-electron chi connectivity index (χ3n) is 7.34. The molecule has 1 N–H and O–H groups in total. The van der Waals surface area contributed by atoms with Gasteiger partial charge in [0.05, 0.1) is 25.5 Å². The molecule has 0 radical (unpaired) electrons. The predicted octanol–water partition coefficient (Wildman–Crippen LogP) is 7.99. The van der Waals surface area contributed by atoms with Gasteiger partial charge in [0, 0.05) is 33.9 Å². The van der Waals surface area contributed by atoms with Crippen molar-refractivity contribution in [3.63, 3.8) is 0 Å². The van der Waals surface area contributed by atoms with Gasteiger partial charge < -0.3 is 19.4 Å². The molecule has 0 amide bonds. The fourth-order valence-corrected chi connectivity index (χ4v) is 5.24. The van der Waals surface area contributed by atoms with Gasteiger partial charge in [0.15, 0.2) is 5.65 Å². The molecule has 0 saturated heterocycles. The lowest BCUT2D eigenvalue weighted by atomic mass is 10.1. The Morgan fingerprint density at radius 3 is 2.48 bits per heavy atom. The molecule has 0 aliphatic carbocycles. The maximum Gasteiger partial charge on any atom is 0.228 e. The summed E-state index contributed by atoms with van der Waals surface area (Å²) >= 11 is 6.07. The number of methoxy groups -OCH3 is 1. The first-order chi connectivity index (χ1) is 21.6. The first kappa shape index (κ1) is 27.3. The summed E-state index contributed by atoms with van der Waals surface area (Å²) in [5, 5.41) is 5.86. The van der Waals surface area contributed by atoms with E-state index in [1.165, 1.54) is 0 Å². The number of rotatable bonds is 8. The van der Waals surface area contributed by atoms with Crippen LogP contribution in [-0.4, -0.2) is 36.6 Å². The van der Waals surface area contributed by atoms with E-state index in [-0.39, 0.29) is 0 Å². The number of imidazole rings is 1. The van der Waals surface area contributed by atoms with Crippen LogP contribution < -0.4 is 14.8 Å². The second kappa shape index (κ2) is 11.6. The number of ether oxygens (including phenoxy) is 2. The van der Waals surface area contributed by atoms with Crippen molar-refractivity contribution in [3.8, 4) is 28.6 Å². The van der Waals surface area contributed by atoms with E-state index >= 15 is 0 Å². The number of hydrogen-bond donors (Lipinski definition) is 1. The van der Waals surface area contributed by atoms with Crippen LogP contribution in [0.2, 0.25) is 5.02 Å². The number of halogens is 1. The zero-order valence-corrected chi connectivity index (χ0v) is 24.7. The highest BCUT2D eigenvalue weighted by Crippen LogP contribution is 2.39. The van der Waals surface area contributed by atoms with E-state index < -0.39 is 0 Å². The molecule has 0 aliphatic heterocycles. The van der Waals surface area contributed by atoms with Crippen molar-refractivity contribution < 1.29 is 9.47 Å². The number of pyridine rings is 2. The van der Waals surface area contributed by atoms with Crippen molar-refractivity contribution >= 4 is 45.0 Å². The molecule has 0 atom stereocenters. The monoisotopic (exact) mass is 599 g/mol. The molecule has 216 valence electrons. The Balaban J connectivity index is 1.25. The molecule has 44 heavy (non-hydrogen) atoms. The zero-order chi connectivity index (χ0) is 30.0. The topological polar surface area (TPSA) is 99.9 Å². The minimum Gasteiger partial charge on any atom is -0.497 e. The summed E-state index contributed by atoms with van der Waals surface area (Å²) in [4.78, 5) is 23.1. The molecule has 4 heterocycles. The molecule has 0 aliphatic rings. The number of fused-ring (bicyclic) bond motifs is 2. The SMILES string of the molecule is COc1ccc(Cn2cnc3c(-c4cccnc4Oc4c(C)ccc5c(Nc6ccc(Cl)cc6)nccc45)ncnc32)cc1. The molecule has 0 fully saturated rings. The Kier molecular flexibility index (Phi) is 7.21. The highest BCUT2D eigenvalue weighted by atomic mass is 35.5. The van der Waals surface area contributed by atoms with Crippen molar-refractivity contribution in [2.75, 3.05) is 12.4 Å². The highest BCUT2D eigenvalue weighted by Gasteiger charge is 2.19. The van der Waals surface area contributed by atoms with Gasteiger partial charge in [0.2, 0.25) is 5.88 Å². The minimum atomic E-state index is 0.414. The normalized spacial score (nSPS) is 11.2. The Bertz CT molecular complexity index is 2110. The van der Waals surface area contributed by atoms with Crippen LogP contribution in [0, 0.1) is 6.92 Å². The number of aryl methyl sites for hydroxylation is 1. The van der Waals surface area contributed by atoms with Crippen LogP contribution in [0.3, 0.4) is 0 Å². The van der Waals surface area contributed by atoms with Crippen LogP contribution >= 0.6 is 11.6 Å². The van der Waals surface area contributed by atoms with Gasteiger partial charge in [0.1, 0.15) is 34.9 Å². The molecule has 0 unspecified atom stereocenters. The van der Waals surface area contributed by atoms with E-state index in [1.54, 1.807) is 32.2 Å². The number of anilines is 2. The lowest BCUT2D eigenvalue weighted by molar-refractivity contribution is 0.414. The summed E-state index contributed by atoms with van der Waals surface area (Å²) in [6.45, 7) is 2.61. The van der Waals surface area contributed by atoms with Crippen LogP contribution in [0.15, 0.2) is 104 Å². The summed E-state index contributed by atoms with van der Waals surface area (Å²) in [5.74, 6) is 2.61. The minimum absolute atomic E-state index is 0.414. The van der Waals surface area contributed by atoms with E-state index in [2.05, 4.69) is 25.3 Å². The second-order valence-corrected chi connectivity index (χ2v) is 10.6. The summed E-state index contributed by atoms with van der Waals surface area (Å²) in [6.07, 6.45) is 6.79. The maximum absolute atomic E-state index is 6.61. The standard InChI is InChI=1S/C34H26ClN7O2/c1-21-5-14-27-26(15-17-36-32(27)41-24-10-8-23(35)9-11-24)31(21)44-34-28(4-3-16-37-34)29-30-33(39-19-38-29)42(20-40-30)18-22-6-12-25(43-2)13-7-22/h3-17,19-20H,18H2,1-2H3,(H,36,41). The molecule has 3 aromatic carbocycles. The molecule has 0 saturated carbocycles. The number of nitrogens with zero attached hydrogens (tertiary/aromatic N) is 6. The fraction of sp³-hybridized carbons (Fsp3) is 0.0882. The average Bonchev–Trinajstić information content (AvgIpc) is 3.47. The van der Waals surface area contributed by atoms with Gasteiger partial charge >= 0.3 is 0 Å². The quantitative estimate of drug-likeness (QED) is 0.188. The largest absolute Gasteiger partial charge is 0.497 e. The summed E-state index contributed by atoms with van der Waals surface area (Å²) in [6, 6.07) is 25.2. The van der Waals surface area contributed by atoms with Crippen LogP contribution in [0.4, 0.5) is 11.5 Å². The zero-order valence-electron chi connectivity index (χ0n) is 23.9. The van der Waals surface area contributed by atoms with Crippen LogP contribution in [-0.2, 0) is 6.54 Å². The lowest BCUT2D eigenvalue weighted by Gasteiger charge is -2.16. The summed E-state index contributed by atoms with van der Waals surface area (Å²) in [5.41, 5.74) is 5.65. The highest BCUT2D eigenvalue weighted by molar-refractivity contribution is 6.30. The number of aromatic nitrogens is 6. The third-order valence-corrected chi connectivity index (χ3v) is 7.59. The Morgan fingerprint density at radius 2 is 1.66 bits per heavy atom. The molecule has 7 rings (SSSR count). The fourth-order valence-electron chi connectivity index (χ4n) is 5.11. The lowest BCUT2D eigenvalue weighted by Crippen LogP contribution is -2.01. The molecule has 9 nitrogen and oxygen atoms in total. The first-order valence-electron chi connectivity index (χ1n) is 13.9. The van der Waals surface area contributed by atoms with Crippen molar-refractivity contribution in [1.29, 1.82) is 0 Å². The third kappa shape index (κ3) is 5.25. The molecular formula is C34H26ClN7O2. The Labute approximate surface area is 258 Å². The average molecular weight is 600 g/mol. The summed E-state index contributed by atoms with van der Waals surface area (Å²) in [7, 11) is 1.66. The molecule has 7 aromatic rings. The van der Waals surface area contributed by atoms with Gasteiger partial charge in [-0.2, -0.15) is 0 Å². The molecule has 0 spiro atoms. The predicted molar refractivity (Wildman–Crippen MR) is 172 cm³/mol. The Hall–Kier alpha value is -5.54. The van der Waals surface area contributed by atoms with Crippen LogP contribution in [0.1, 0.15) is 11.1 Å².